The van der Waals surface area contributed by atoms with E-state index < -0.39 is 0 Å². The van der Waals surface area contributed by atoms with Crippen molar-refractivity contribution < 1.29 is 23.7 Å². The van der Waals surface area contributed by atoms with Crippen molar-refractivity contribution in [2.45, 2.75) is 27.1 Å². The summed E-state index contributed by atoms with van der Waals surface area (Å²) >= 11 is 0. The van der Waals surface area contributed by atoms with E-state index in [2.05, 4.69) is 10.5 Å². The minimum absolute atomic E-state index is 0.275. The van der Waals surface area contributed by atoms with Crippen LogP contribution >= 0.6 is 0 Å². The van der Waals surface area contributed by atoms with Gasteiger partial charge in [0.15, 0.2) is 23.0 Å². The van der Waals surface area contributed by atoms with Gasteiger partial charge in [-0.2, -0.15) is 5.10 Å². The lowest BCUT2D eigenvalue weighted by atomic mass is 10.1. The average Bonchev–Trinajstić information content (AvgIpc) is 2.97. The smallest absolute Gasteiger partial charge is 0.271 e. The first-order chi connectivity index (χ1) is 19.1. The maximum atomic E-state index is 12.3. The highest BCUT2D eigenvalue weighted by Gasteiger charge is 2.10. The zero-order valence-electron chi connectivity index (χ0n) is 22.3. The van der Waals surface area contributed by atoms with Gasteiger partial charge in [-0.05, 0) is 73.0 Å². The highest BCUT2D eigenvalue weighted by atomic mass is 16.5. The second-order valence-electron chi connectivity index (χ2n) is 8.75. The van der Waals surface area contributed by atoms with Gasteiger partial charge in [0.25, 0.3) is 5.91 Å². The zero-order valence-corrected chi connectivity index (χ0v) is 22.3. The molecule has 0 unspecified atom stereocenters. The van der Waals surface area contributed by atoms with Gasteiger partial charge < -0.3 is 18.9 Å². The number of hydrogen-bond donors (Lipinski definition) is 1. The molecule has 1 N–H and O–H groups in total. The Labute approximate surface area is 229 Å². The van der Waals surface area contributed by atoms with Crippen molar-refractivity contribution in [1.29, 1.82) is 0 Å². The topological polar surface area (TPSA) is 78.4 Å². The van der Waals surface area contributed by atoms with Crippen LogP contribution in [0.4, 0.5) is 0 Å². The molecule has 39 heavy (non-hydrogen) atoms. The second-order valence-corrected chi connectivity index (χ2v) is 8.75. The first-order valence-corrected chi connectivity index (χ1v) is 12.7. The van der Waals surface area contributed by atoms with E-state index in [0.717, 1.165) is 22.3 Å². The van der Waals surface area contributed by atoms with Crippen molar-refractivity contribution >= 4 is 12.1 Å². The predicted molar refractivity (Wildman–Crippen MR) is 152 cm³/mol. The first kappa shape index (κ1) is 27.3. The Morgan fingerprint density at radius 1 is 0.769 bits per heavy atom. The van der Waals surface area contributed by atoms with E-state index in [9.17, 15) is 4.79 Å². The van der Waals surface area contributed by atoms with Gasteiger partial charge in [0.05, 0.1) is 19.9 Å². The van der Waals surface area contributed by atoms with Crippen LogP contribution in [0.2, 0.25) is 0 Å². The summed E-state index contributed by atoms with van der Waals surface area (Å²) in [6, 6.07) is 28.5. The second kappa shape index (κ2) is 13.7. The fourth-order valence-corrected chi connectivity index (χ4v) is 3.74. The van der Waals surface area contributed by atoms with Crippen LogP contribution in [0.25, 0.3) is 0 Å². The number of carbonyl (C=O) groups excluding carboxylic acids is 1. The molecule has 0 heterocycles. The maximum absolute atomic E-state index is 12.3. The molecular weight excluding hydrogens is 492 g/mol. The molecule has 0 saturated carbocycles. The predicted octanol–water partition coefficient (Wildman–Crippen LogP) is 6.32. The standard InChI is InChI=1S/C32H32N2O5/c1-4-37-31-18-25(20-33-34-32(35)27-14-10-23(2)11-15-27)12-16-29(31)39-22-26-13-17-28(30(19-26)36-3)38-21-24-8-6-5-7-9-24/h5-20H,4,21-22H2,1-3H3,(H,34,35)/b33-20+. The number of nitrogens with zero attached hydrogens (tertiary/aromatic N) is 1. The Morgan fingerprint density at radius 2 is 1.46 bits per heavy atom. The van der Waals surface area contributed by atoms with Gasteiger partial charge in [0, 0.05) is 5.56 Å². The van der Waals surface area contributed by atoms with Crippen molar-refractivity contribution in [3.63, 3.8) is 0 Å². The summed E-state index contributed by atoms with van der Waals surface area (Å²) < 4.78 is 23.4. The number of aryl methyl sites for hydroxylation is 1. The normalized spacial score (nSPS) is 10.7. The number of benzene rings is 4. The van der Waals surface area contributed by atoms with E-state index in [1.165, 1.54) is 0 Å². The SMILES string of the molecule is CCOc1cc(/C=N/NC(=O)c2ccc(C)cc2)ccc1OCc1ccc(OCc2ccccc2)c(OC)c1. The van der Waals surface area contributed by atoms with Crippen LogP contribution in [0, 0.1) is 6.92 Å². The van der Waals surface area contributed by atoms with Crippen LogP contribution in [0.15, 0.2) is 96.1 Å². The van der Waals surface area contributed by atoms with Gasteiger partial charge in [-0.15, -0.1) is 0 Å². The Hall–Kier alpha value is -4.78. The first-order valence-electron chi connectivity index (χ1n) is 12.7. The average molecular weight is 525 g/mol. The third-order valence-electron chi connectivity index (χ3n) is 5.82. The quantitative estimate of drug-likeness (QED) is 0.173. The van der Waals surface area contributed by atoms with Crippen LogP contribution in [0.1, 0.15) is 39.5 Å². The Kier molecular flexibility index (Phi) is 9.56. The van der Waals surface area contributed by atoms with E-state index in [4.69, 9.17) is 18.9 Å². The lowest BCUT2D eigenvalue weighted by Crippen LogP contribution is -2.17. The summed E-state index contributed by atoms with van der Waals surface area (Å²) in [6.45, 7) is 5.12. The third kappa shape index (κ3) is 7.85. The molecule has 0 fully saturated rings. The van der Waals surface area contributed by atoms with E-state index >= 15 is 0 Å². The molecule has 200 valence electrons. The van der Waals surface area contributed by atoms with E-state index in [-0.39, 0.29) is 5.91 Å². The summed E-state index contributed by atoms with van der Waals surface area (Å²) in [7, 11) is 1.62. The minimum atomic E-state index is -0.275. The number of ether oxygens (including phenoxy) is 4. The fraction of sp³-hybridized carbons (Fsp3) is 0.188. The Morgan fingerprint density at radius 3 is 2.18 bits per heavy atom. The van der Waals surface area contributed by atoms with Crippen LogP contribution in [-0.4, -0.2) is 25.8 Å². The number of amides is 1. The fourth-order valence-electron chi connectivity index (χ4n) is 3.74. The number of carbonyl (C=O) groups is 1. The van der Waals surface area contributed by atoms with E-state index in [1.807, 2.05) is 92.7 Å². The largest absolute Gasteiger partial charge is 0.493 e. The molecule has 0 aromatic heterocycles. The maximum Gasteiger partial charge on any atom is 0.271 e. The highest BCUT2D eigenvalue weighted by molar-refractivity contribution is 5.94. The molecule has 0 aliphatic rings. The van der Waals surface area contributed by atoms with Gasteiger partial charge in [0.1, 0.15) is 13.2 Å². The van der Waals surface area contributed by atoms with Crippen LogP contribution in [-0.2, 0) is 13.2 Å². The lowest BCUT2D eigenvalue weighted by Gasteiger charge is -2.15. The van der Waals surface area contributed by atoms with Gasteiger partial charge in [-0.3, -0.25) is 4.79 Å². The molecule has 4 aromatic rings. The summed E-state index contributed by atoms with van der Waals surface area (Å²) in [5, 5.41) is 4.08. The molecule has 0 radical (unpaired) electrons. The summed E-state index contributed by atoms with van der Waals surface area (Å²) in [4.78, 5) is 12.3. The molecule has 4 aromatic carbocycles. The molecular formula is C32H32N2O5. The number of methoxy groups -OCH3 is 1. The number of nitrogens with one attached hydrogen (secondary N) is 1. The molecule has 0 atom stereocenters. The minimum Gasteiger partial charge on any atom is -0.493 e. The van der Waals surface area contributed by atoms with Crippen molar-refractivity contribution in [2.75, 3.05) is 13.7 Å². The molecule has 0 aliphatic heterocycles. The van der Waals surface area contributed by atoms with Crippen LogP contribution < -0.4 is 24.4 Å². The van der Waals surface area contributed by atoms with Crippen molar-refractivity contribution in [1.82, 2.24) is 5.43 Å². The number of hydrogen-bond acceptors (Lipinski definition) is 6. The molecule has 0 spiro atoms. The van der Waals surface area contributed by atoms with Gasteiger partial charge in [-0.1, -0.05) is 54.1 Å². The lowest BCUT2D eigenvalue weighted by molar-refractivity contribution is 0.0955. The molecule has 7 heteroatoms. The van der Waals surface area contributed by atoms with Gasteiger partial charge in [-0.25, -0.2) is 5.43 Å². The van der Waals surface area contributed by atoms with E-state index in [1.54, 1.807) is 25.5 Å². The van der Waals surface area contributed by atoms with Gasteiger partial charge in [0.2, 0.25) is 0 Å². The van der Waals surface area contributed by atoms with Crippen molar-refractivity contribution in [3.05, 3.63) is 119 Å². The van der Waals surface area contributed by atoms with Crippen molar-refractivity contribution in [2.24, 2.45) is 5.10 Å². The zero-order chi connectivity index (χ0) is 27.5. The summed E-state index contributed by atoms with van der Waals surface area (Å²) in [5.41, 5.74) is 6.95. The highest BCUT2D eigenvalue weighted by Crippen LogP contribution is 2.32. The molecule has 1 amide bonds. The molecule has 0 saturated heterocycles. The van der Waals surface area contributed by atoms with Gasteiger partial charge >= 0.3 is 0 Å². The number of rotatable bonds is 12. The molecule has 0 bridgehead atoms. The molecule has 7 nitrogen and oxygen atoms in total. The summed E-state index contributed by atoms with van der Waals surface area (Å²) in [5.74, 6) is 2.21. The van der Waals surface area contributed by atoms with Crippen molar-refractivity contribution in [3.8, 4) is 23.0 Å². The van der Waals surface area contributed by atoms with Crippen LogP contribution in [0.3, 0.4) is 0 Å². The Bertz CT molecular complexity index is 1400. The molecule has 0 aliphatic carbocycles. The molecule has 4 rings (SSSR count). The monoisotopic (exact) mass is 524 g/mol. The Balaban J connectivity index is 1.37. The van der Waals surface area contributed by atoms with E-state index in [0.29, 0.717) is 48.4 Å². The third-order valence-corrected chi connectivity index (χ3v) is 5.82. The number of hydrazone groups is 1. The van der Waals surface area contributed by atoms with Crippen LogP contribution in [0.5, 0.6) is 23.0 Å². The summed E-state index contributed by atoms with van der Waals surface area (Å²) in [6.07, 6.45) is 1.57.